The maximum absolute atomic E-state index is 12.6. The summed E-state index contributed by atoms with van der Waals surface area (Å²) in [6.45, 7) is 0. The molecule has 0 aliphatic rings. The van der Waals surface area contributed by atoms with Gasteiger partial charge in [-0.3, -0.25) is 5.10 Å². The number of benzene rings is 2. The van der Waals surface area contributed by atoms with E-state index in [0.29, 0.717) is 17.1 Å². The molecule has 3 N–H and O–H groups in total. The highest BCUT2D eigenvalue weighted by Crippen LogP contribution is 2.30. The minimum Gasteiger partial charge on any atom is -0.497 e. The number of alkyl halides is 3. The highest BCUT2D eigenvalue weighted by atomic mass is 19.4. The Morgan fingerprint density at radius 3 is 2.48 bits per heavy atom. The van der Waals surface area contributed by atoms with Crippen LogP contribution in [0.5, 0.6) is 5.75 Å². The first-order chi connectivity index (χ1) is 11.9. The molecule has 25 heavy (non-hydrogen) atoms. The van der Waals surface area contributed by atoms with E-state index in [0.717, 1.165) is 17.7 Å². The Balaban J connectivity index is 1.84. The van der Waals surface area contributed by atoms with Crippen LogP contribution in [0.25, 0.3) is 11.4 Å². The Kier molecular flexibility index (Phi) is 4.45. The molecule has 0 aliphatic carbocycles. The molecule has 1 heterocycles. The van der Waals surface area contributed by atoms with Crippen molar-refractivity contribution in [1.82, 2.24) is 15.2 Å². The van der Waals surface area contributed by atoms with Crippen LogP contribution in [-0.2, 0) is 6.18 Å². The van der Waals surface area contributed by atoms with Gasteiger partial charge in [-0.15, -0.1) is 0 Å². The van der Waals surface area contributed by atoms with Gasteiger partial charge in [0, 0.05) is 5.56 Å². The molecule has 1 atom stereocenters. The number of aromatic amines is 1. The molecular weight excluding hydrogens is 333 g/mol. The third-order valence-electron chi connectivity index (χ3n) is 3.72. The summed E-state index contributed by atoms with van der Waals surface area (Å²) in [6, 6.07) is 11.3. The maximum atomic E-state index is 12.6. The molecular formula is C17H15F3N4O. The van der Waals surface area contributed by atoms with Crippen molar-refractivity contribution >= 4 is 0 Å². The number of hydrogen-bond donors (Lipinski definition) is 2. The molecule has 0 spiro atoms. The average molecular weight is 348 g/mol. The molecule has 3 aromatic rings. The topological polar surface area (TPSA) is 76.8 Å². The van der Waals surface area contributed by atoms with E-state index in [4.69, 9.17) is 10.5 Å². The molecule has 0 amide bonds. The van der Waals surface area contributed by atoms with Gasteiger partial charge in [0.2, 0.25) is 0 Å². The van der Waals surface area contributed by atoms with Crippen molar-refractivity contribution < 1.29 is 17.9 Å². The summed E-state index contributed by atoms with van der Waals surface area (Å²) in [4.78, 5) is 4.29. The fraction of sp³-hybridized carbons (Fsp3) is 0.176. The minimum absolute atomic E-state index is 0.280. The van der Waals surface area contributed by atoms with Crippen molar-refractivity contribution in [3.05, 3.63) is 65.5 Å². The Morgan fingerprint density at radius 1 is 1.12 bits per heavy atom. The van der Waals surface area contributed by atoms with E-state index in [-0.39, 0.29) is 5.82 Å². The molecule has 5 nitrogen and oxygen atoms in total. The first kappa shape index (κ1) is 17.0. The summed E-state index contributed by atoms with van der Waals surface area (Å²) in [6.07, 6.45) is -4.38. The maximum Gasteiger partial charge on any atom is 0.416 e. The molecule has 0 radical (unpaired) electrons. The summed E-state index contributed by atoms with van der Waals surface area (Å²) in [5.74, 6) is 1.35. The molecule has 2 aromatic carbocycles. The number of nitrogens with zero attached hydrogens (tertiary/aromatic N) is 2. The number of nitrogens with two attached hydrogens (primary N) is 1. The molecule has 0 aliphatic heterocycles. The predicted octanol–water partition coefficient (Wildman–Crippen LogP) is 3.55. The summed E-state index contributed by atoms with van der Waals surface area (Å²) in [5.41, 5.74) is 6.69. The van der Waals surface area contributed by atoms with Gasteiger partial charge < -0.3 is 10.5 Å². The predicted molar refractivity (Wildman–Crippen MR) is 85.8 cm³/mol. The SMILES string of the molecule is COc1cccc([C@H](N)c2nc(-c3ccc(C(F)(F)F)cc3)n[nH]2)c1. The van der Waals surface area contributed by atoms with E-state index in [1.807, 2.05) is 6.07 Å². The molecule has 1 aromatic heterocycles. The van der Waals surface area contributed by atoms with E-state index >= 15 is 0 Å². The molecule has 3 rings (SSSR count). The molecule has 0 saturated carbocycles. The number of methoxy groups -OCH3 is 1. The zero-order valence-electron chi connectivity index (χ0n) is 13.2. The van der Waals surface area contributed by atoms with Gasteiger partial charge in [0.15, 0.2) is 5.82 Å². The van der Waals surface area contributed by atoms with Crippen LogP contribution in [0, 0.1) is 0 Å². The van der Waals surface area contributed by atoms with Gasteiger partial charge in [-0.25, -0.2) is 4.98 Å². The van der Waals surface area contributed by atoms with Crippen molar-refractivity contribution in [2.24, 2.45) is 5.73 Å². The molecule has 8 heteroatoms. The molecule has 0 saturated heterocycles. The van der Waals surface area contributed by atoms with E-state index in [1.54, 1.807) is 25.3 Å². The van der Waals surface area contributed by atoms with Gasteiger partial charge in [0.05, 0.1) is 18.7 Å². The van der Waals surface area contributed by atoms with Crippen LogP contribution in [0.2, 0.25) is 0 Å². The van der Waals surface area contributed by atoms with Crippen LogP contribution < -0.4 is 10.5 Å². The minimum atomic E-state index is -4.38. The average Bonchev–Trinajstić information content (AvgIpc) is 3.10. The lowest BCUT2D eigenvalue weighted by Crippen LogP contribution is -2.13. The third kappa shape index (κ3) is 3.63. The van der Waals surface area contributed by atoms with Crippen LogP contribution in [0.1, 0.15) is 23.0 Å². The molecule has 0 unspecified atom stereocenters. The Hall–Kier alpha value is -2.87. The Labute approximate surface area is 141 Å². The van der Waals surface area contributed by atoms with Crippen LogP contribution in [0.15, 0.2) is 48.5 Å². The lowest BCUT2D eigenvalue weighted by molar-refractivity contribution is -0.137. The van der Waals surface area contributed by atoms with Gasteiger partial charge in [-0.2, -0.15) is 18.3 Å². The summed E-state index contributed by atoms with van der Waals surface area (Å²) in [5, 5.41) is 6.77. The molecule has 130 valence electrons. The quantitative estimate of drug-likeness (QED) is 0.756. The lowest BCUT2D eigenvalue weighted by atomic mass is 10.1. The number of rotatable bonds is 4. The highest BCUT2D eigenvalue weighted by Gasteiger charge is 2.30. The van der Waals surface area contributed by atoms with Crippen molar-refractivity contribution in [2.45, 2.75) is 12.2 Å². The van der Waals surface area contributed by atoms with Crippen LogP contribution >= 0.6 is 0 Å². The van der Waals surface area contributed by atoms with Crippen molar-refractivity contribution in [3.8, 4) is 17.1 Å². The number of H-pyrrole nitrogens is 1. The summed E-state index contributed by atoms with van der Waals surface area (Å²) < 4.78 is 43.0. The first-order valence-corrected chi connectivity index (χ1v) is 7.38. The first-order valence-electron chi connectivity index (χ1n) is 7.38. The third-order valence-corrected chi connectivity index (χ3v) is 3.72. The number of ether oxygens (including phenoxy) is 1. The number of aromatic nitrogens is 3. The summed E-state index contributed by atoms with van der Waals surface area (Å²) >= 11 is 0. The van der Waals surface area contributed by atoms with Crippen LogP contribution in [0.4, 0.5) is 13.2 Å². The largest absolute Gasteiger partial charge is 0.497 e. The number of hydrogen-bond acceptors (Lipinski definition) is 4. The van der Waals surface area contributed by atoms with E-state index in [2.05, 4.69) is 15.2 Å². The molecule has 0 fully saturated rings. The van der Waals surface area contributed by atoms with E-state index in [9.17, 15) is 13.2 Å². The van der Waals surface area contributed by atoms with Gasteiger partial charge >= 0.3 is 6.18 Å². The second-order valence-electron chi connectivity index (χ2n) is 5.37. The smallest absolute Gasteiger partial charge is 0.416 e. The zero-order valence-corrected chi connectivity index (χ0v) is 13.2. The summed E-state index contributed by atoms with van der Waals surface area (Å²) in [7, 11) is 1.56. The van der Waals surface area contributed by atoms with Gasteiger partial charge in [-0.05, 0) is 29.8 Å². The second kappa shape index (κ2) is 6.56. The Morgan fingerprint density at radius 2 is 1.84 bits per heavy atom. The highest BCUT2D eigenvalue weighted by molar-refractivity contribution is 5.55. The van der Waals surface area contributed by atoms with Gasteiger partial charge in [0.25, 0.3) is 0 Å². The number of halogens is 3. The number of nitrogens with one attached hydrogen (secondary N) is 1. The van der Waals surface area contributed by atoms with Gasteiger partial charge in [-0.1, -0.05) is 24.3 Å². The fourth-order valence-corrected chi connectivity index (χ4v) is 2.34. The second-order valence-corrected chi connectivity index (χ2v) is 5.37. The zero-order chi connectivity index (χ0) is 18.0. The van der Waals surface area contributed by atoms with Crippen molar-refractivity contribution in [2.75, 3.05) is 7.11 Å². The van der Waals surface area contributed by atoms with E-state index < -0.39 is 17.8 Å². The Bertz CT molecular complexity index is 859. The standard InChI is InChI=1S/C17H15F3N4O/c1-25-13-4-2-3-11(9-13)14(21)16-22-15(23-24-16)10-5-7-12(8-6-10)17(18,19)20/h2-9,14H,21H2,1H3,(H,22,23,24)/t14-/m0/s1. The van der Waals surface area contributed by atoms with Gasteiger partial charge in [0.1, 0.15) is 11.6 Å². The van der Waals surface area contributed by atoms with Crippen LogP contribution in [-0.4, -0.2) is 22.3 Å². The van der Waals surface area contributed by atoms with E-state index in [1.165, 1.54) is 12.1 Å². The van der Waals surface area contributed by atoms with Crippen molar-refractivity contribution in [1.29, 1.82) is 0 Å². The monoisotopic (exact) mass is 348 g/mol. The molecule has 0 bridgehead atoms. The fourth-order valence-electron chi connectivity index (χ4n) is 2.34. The lowest BCUT2D eigenvalue weighted by Gasteiger charge is -2.10. The van der Waals surface area contributed by atoms with Crippen LogP contribution in [0.3, 0.4) is 0 Å². The van der Waals surface area contributed by atoms with Crippen molar-refractivity contribution in [3.63, 3.8) is 0 Å². The normalized spacial score (nSPS) is 12.8.